The molecule has 0 atom stereocenters. The highest BCUT2D eigenvalue weighted by Gasteiger charge is 2.21. The second kappa shape index (κ2) is 7.66. The SMILES string of the molecule is N#Cc1c(NC(=O)c2cc(Br)c[nH]c2=O)cccc1C1CCCCC1. The van der Waals surface area contributed by atoms with Crippen LogP contribution >= 0.6 is 15.9 Å². The zero-order valence-corrected chi connectivity index (χ0v) is 15.2. The molecule has 2 N–H and O–H groups in total. The average molecular weight is 400 g/mol. The Morgan fingerprint density at radius 3 is 2.76 bits per heavy atom. The van der Waals surface area contributed by atoms with Crippen molar-refractivity contribution in [2.24, 2.45) is 0 Å². The van der Waals surface area contributed by atoms with Crippen LogP contribution in [0.2, 0.25) is 0 Å². The first-order valence-corrected chi connectivity index (χ1v) is 9.12. The van der Waals surface area contributed by atoms with E-state index in [-0.39, 0.29) is 5.56 Å². The molecule has 0 bridgehead atoms. The second-order valence-corrected chi connectivity index (χ2v) is 7.15. The molecule has 0 radical (unpaired) electrons. The van der Waals surface area contributed by atoms with Gasteiger partial charge in [-0.25, -0.2) is 0 Å². The maximum Gasteiger partial charge on any atom is 0.261 e. The second-order valence-electron chi connectivity index (χ2n) is 6.23. The zero-order chi connectivity index (χ0) is 17.8. The highest BCUT2D eigenvalue weighted by Crippen LogP contribution is 2.36. The van der Waals surface area contributed by atoms with E-state index in [0.29, 0.717) is 21.6 Å². The van der Waals surface area contributed by atoms with Crippen molar-refractivity contribution in [1.82, 2.24) is 4.98 Å². The molecule has 0 saturated heterocycles. The summed E-state index contributed by atoms with van der Waals surface area (Å²) >= 11 is 3.24. The van der Waals surface area contributed by atoms with Gasteiger partial charge < -0.3 is 10.3 Å². The molecule has 1 fully saturated rings. The Hall–Kier alpha value is -2.39. The van der Waals surface area contributed by atoms with Crippen LogP contribution in [0.15, 0.2) is 39.7 Å². The van der Waals surface area contributed by atoms with Crippen molar-refractivity contribution < 1.29 is 4.79 Å². The number of nitriles is 1. The molecule has 6 heteroatoms. The molecule has 1 amide bonds. The molecule has 1 aromatic heterocycles. The third-order valence-electron chi connectivity index (χ3n) is 4.61. The summed E-state index contributed by atoms with van der Waals surface area (Å²) in [5.74, 6) is -0.172. The number of pyridine rings is 1. The van der Waals surface area contributed by atoms with Gasteiger partial charge in [0.1, 0.15) is 11.6 Å². The highest BCUT2D eigenvalue weighted by molar-refractivity contribution is 9.10. The fraction of sp³-hybridized carbons (Fsp3) is 0.316. The summed E-state index contributed by atoms with van der Waals surface area (Å²) in [4.78, 5) is 26.8. The molecule has 1 aliphatic carbocycles. The van der Waals surface area contributed by atoms with Gasteiger partial charge in [0, 0.05) is 10.7 Å². The van der Waals surface area contributed by atoms with Gasteiger partial charge in [-0.3, -0.25) is 9.59 Å². The third-order valence-corrected chi connectivity index (χ3v) is 5.07. The lowest BCUT2D eigenvalue weighted by atomic mass is 9.82. The van der Waals surface area contributed by atoms with E-state index in [1.54, 1.807) is 6.07 Å². The number of aromatic amines is 1. The number of hydrogen-bond donors (Lipinski definition) is 2. The molecule has 25 heavy (non-hydrogen) atoms. The Morgan fingerprint density at radius 2 is 2.04 bits per heavy atom. The molecular formula is C19H18BrN3O2. The minimum absolute atomic E-state index is 0.00124. The Bertz CT molecular complexity index is 892. The molecule has 128 valence electrons. The predicted octanol–water partition coefficient (Wildman–Crippen LogP) is 4.31. The van der Waals surface area contributed by atoms with Crippen molar-refractivity contribution in [3.05, 3.63) is 62.0 Å². The van der Waals surface area contributed by atoms with E-state index in [0.717, 1.165) is 18.4 Å². The smallest absolute Gasteiger partial charge is 0.261 e. The number of carbonyl (C=O) groups excluding carboxylic acids is 1. The van der Waals surface area contributed by atoms with Crippen LogP contribution in [0.25, 0.3) is 0 Å². The first-order valence-electron chi connectivity index (χ1n) is 8.32. The summed E-state index contributed by atoms with van der Waals surface area (Å²) in [6.45, 7) is 0. The van der Waals surface area contributed by atoms with E-state index in [1.165, 1.54) is 31.5 Å². The van der Waals surface area contributed by atoms with Crippen LogP contribution in [0.3, 0.4) is 0 Å². The molecule has 0 aliphatic heterocycles. The highest BCUT2D eigenvalue weighted by atomic mass is 79.9. The van der Waals surface area contributed by atoms with Gasteiger partial charge in [-0.1, -0.05) is 31.4 Å². The molecule has 1 aromatic carbocycles. The Labute approximate surface area is 154 Å². The van der Waals surface area contributed by atoms with Gasteiger partial charge in [-0.05, 0) is 52.4 Å². The summed E-state index contributed by atoms with van der Waals surface area (Å²) in [7, 11) is 0. The largest absolute Gasteiger partial charge is 0.327 e. The molecule has 1 heterocycles. The van der Waals surface area contributed by atoms with E-state index >= 15 is 0 Å². The lowest BCUT2D eigenvalue weighted by Crippen LogP contribution is -2.23. The quantitative estimate of drug-likeness (QED) is 0.805. The third kappa shape index (κ3) is 3.83. The maximum absolute atomic E-state index is 12.5. The number of nitrogens with zero attached hydrogens (tertiary/aromatic N) is 1. The number of H-pyrrole nitrogens is 1. The number of amides is 1. The Morgan fingerprint density at radius 1 is 1.28 bits per heavy atom. The van der Waals surface area contributed by atoms with E-state index in [1.807, 2.05) is 12.1 Å². The van der Waals surface area contributed by atoms with E-state index in [4.69, 9.17) is 0 Å². The lowest BCUT2D eigenvalue weighted by Gasteiger charge is -2.23. The van der Waals surface area contributed by atoms with Crippen molar-refractivity contribution in [2.75, 3.05) is 5.32 Å². The van der Waals surface area contributed by atoms with Crippen LogP contribution in [0.1, 0.15) is 59.5 Å². The van der Waals surface area contributed by atoms with Crippen LogP contribution in [-0.4, -0.2) is 10.9 Å². The van der Waals surface area contributed by atoms with E-state index < -0.39 is 11.5 Å². The minimum Gasteiger partial charge on any atom is -0.327 e. The molecule has 3 rings (SSSR count). The van der Waals surface area contributed by atoms with Crippen molar-refractivity contribution >= 4 is 27.5 Å². The first-order chi connectivity index (χ1) is 12.1. The van der Waals surface area contributed by atoms with Gasteiger partial charge in [0.15, 0.2) is 0 Å². The van der Waals surface area contributed by atoms with Crippen molar-refractivity contribution in [3.8, 4) is 6.07 Å². The summed E-state index contributed by atoms with van der Waals surface area (Å²) < 4.78 is 0.605. The van der Waals surface area contributed by atoms with Crippen molar-refractivity contribution in [1.29, 1.82) is 5.26 Å². The fourth-order valence-electron chi connectivity index (χ4n) is 3.37. The molecule has 1 aliphatic rings. The average Bonchev–Trinajstić information content (AvgIpc) is 2.64. The van der Waals surface area contributed by atoms with Gasteiger partial charge in [0.25, 0.3) is 11.5 Å². The summed E-state index contributed by atoms with van der Waals surface area (Å²) in [6, 6.07) is 9.22. The summed E-state index contributed by atoms with van der Waals surface area (Å²) in [5, 5.41) is 12.4. The van der Waals surface area contributed by atoms with Gasteiger partial charge in [-0.15, -0.1) is 0 Å². The minimum atomic E-state index is -0.528. The predicted molar refractivity (Wildman–Crippen MR) is 99.7 cm³/mol. The van der Waals surface area contributed by atoms with Gasteiger partial charge in [-0.2, -0.15) is 5.26 Å². The van der Waals surface area contributed by atoms with E-state index in [9.17, 15) is 14.9 Å². The Kier molecular flexibility index (Phi) is 5.34. The van der Waals surface area contributed by atoms with Crippen molar-refractivity contribution in [3.63, 3.8) is 0 Å². The van der Waals surface area contributed by atoms with Crippen LogP contribution in [0.5, 0.6) is 0 Å². The van der Waals surface area contributed by atoms with Gasteiger partial charge >= 0.3 is 0 Å². The molecule has 1 saturated carbocycles. The number of aromatic nitrogens is 1. The first kappa shape index (κ1) is 17.4. The summed E-state index contributed by atoms with van der Waals surface area (Å²) in [5.41, 5.74) is 1.47. The molecule has 5 nitrogen and oxygen atoms in total. The fourth-order valence-corrected chi connectivity index (χ4v) is 3.71. The van der Waals surface area contributed by atoms with Gasteiger partial charge in [0.05, 0.1) is 11.3 Å². The number of nitrogens with one attached hydrogen (secondary N) is 2. The number of rotatable bonds is 3. The van der Waals surface area contributed by atoms with Gasteiger partial charge in [0.2, 0.25) is 0 Å². The molecule has 0 spiro atoms. The van der Waals surface area contributed by atoms with E-state index in [2.05, 4.69) is 32.3 Å². The molecular weight excluding hydrogens is 382 g/mol. The molecule has 2 aromatic rings. The van der Waals surface area contributed by atoms with Crippen molar-refractivity contribution in [2.45, 2.75) is 38.0 Å². The van der Waals surface area contributed by atoms with Crippen LogP contribution in [0.4, 0.5) is 5.69 Å². The van der Waals surface area contributed by atoms with Crippen LogP contribution in [0, 0.1) is 11.3 Å². The number of hydrogen-bond acceptors (Lipinski definition) is 3. The Balaban J connectivity index is 1.92. The standard InChI is InChI=1S/C19H18BrN3O2/c20-13-9-15(18(24)22-11-13)19(25)23-17-8-4-7-14(16(17)10-21)12-5-2-1-3-6-12/h4,7-9,11-12H,1-3,5-6H2,(H,22,24)(H,23,25). The monoisotopic (exact) mass is 399 g/mol. The lowest BCUT2D eigenvalue weighted by molar-refractivity contribution is 0.102. The maximum atomic E-state index is 12.5. The zero-order valence-electron chi connectivity index (χ0n) is 13.6. The summed E-state index contributed by atoms with van der Waals surface area (Å²) in [6.07, 6.45) is 7.18. The molecule has 0 unspecified atom stereocenters. The number of anilines is 1. The van der Waals surface area contributed by atoms with Crippen LogP contribution in [-0.2, 0) is 0 Å². The number of halogens is 1. The van der Waals surface area contributed by atoms with Crippen LogP contribution < -0.4 is 10.9 Å². The topological polar surface area (TPSA) is 85.8 Å². The normalized spacial score (nSPS) is 14.7. The number of carbonyl (C=O) groups is 1. The number of benzene rings is 1.